The molecule has 1 saturated heterocycles. The van der Waals surface area contributed by atoms with E-state index in [1.54, 1.807) is 0 Å². The third-order valence-electron chi connectivity index (χ3n) is 2.19. The van der Waals surface area contributed by atoms with Crippen LogP contribution in [0.3, 0.4) is 0 Å². The smallest absolute Gasteiger partial charge is 0.150 e. The lowest BCUT2D eigenvalue weighted by Gasteiger charge is -2.26. The van der Waals surface area contributed by atoms with Gasteiger partial charge in [0.25, 0.3) is 0 Å². The first kappa shape index (κ1) is 9.49. The van der Waals surface area contributed by atoms with Gasteiger partial charge in [0.15, 0.2) is 9.84 Å². The summed E-state index contributed by atoms with van der Waals surface area (Å²) in [4.78, 5) is 0. The van der Waals surface area contributed by atoms with E-state index >= 15 is 0 Å². The Morgan fingerprint density at radius 2 is 2.25 bits per heavy atom. The molecule has 0 aliphatic carbocycles. The van der Waals surface area contributed by atoms with Crippen molar-refractivity contribution in [1.82, 2.24) is 0 Å². The van der Waals surface area contributed by atoms with Crippen LogP contribution in [0.15, 0.2) is 0 Å². The number of sulfone groups is 1. The highest BCUT2D eigenvalue weighted by Crippen LogP contribution is 2.19. The van der Waals surface area contributed by atoms with Crippen LogP contribution in [0.25, 0.3) is 0 Å². The molecule has 0 amide bonds. The predicted molar refractivity (Wildman–Crippen MR) is 45.0 cm³/mol. The Morgan fingerprint density at radius 1 is 1.58 bits per heavy atom. The lowest BCUT2D eigenvalue weighted by atomic mass is 9.97. The summed E-state index contributed by atoms with van der Waals surface area (Å²) in [5, 5.41) is 8.41. The van der Waals surface area contributed by atoms with Gasteiger partial charge in [-0.3, -0.25) is 0 Å². The molecule has 2 atom stereocenters. The first-order chi connectivity index (χ1) is 5.55. The lowest BCUT2D eigenvalue weighted by molar-refractivity contribution is 0.428. The zero-order chi connectivity index (χ0) is 9.19. The summed E-state index contributed by atoms with van der Waals surface area (Å²) >= 11 is 0. The molecule has 1 fully saturated rings. The SMILES string of the molecule is N#CCC1CS(=O)(=O)CCC1N. The maximum Gasteiger partial charge on any atom is 0.150 e. The van der Waals surface area contributed by atoms with E-state index in [2.05, 4.69) is 0 Å². The van der Waals surface area contributed by atoms with Crippen LogP contribution < -0.4 is 5.73 Å². The Kier molecular flexibility index (Phi) is 2.70. The molecule has 0 aromatic carbocycles. The summed E-state index contributed by atoms with van der Waals surface area (Å²) in [6, 6.07) is 1.84. The van der Waals surface area contributed by atoms with E-state index in [1.165, 1.54) is 0 Å². The molecule has 2 N–H and O–H groups in total. The van der Waals surface area contributed by atoms with Crippen LogP contribution in [0.1, 0.15) is 12.8 Å². The van der Waals surface area contributed by atoms with Gasteiger partial charge in [0, 0.05) is 18.4 Å². The van der Waals surface area contributed by atoms with E-state index in [4.69, 9.17) is 11.0 Å². The van der Waals surface area contributed by atoms with Gasteiger partial charge in [0.05, 0.1) is 17.6 Å². The van der Waals surface area contributed by atoms with Crippen LogP contribution >= 0.6 is 0 Å². The molecule has 1 rings (SSSR count). The Bertz CT molecular complexity index is 291. The fourth-order valence-corrected chi connectivity index (χ4v) is 3.23. The third kappa shape index (κ3) is 2.19. The summed E-state index contributed by atoms with van der Waals surface area (Å²) in [7, 11) is -2.92. The van der Waals surface area contributed by atoms with Crippen molar-refractivity contribution in [2.24, 2.45) is 11.7 Å². The molecule has 12 heavy (non-hydrogen) atoms. The molecule has 1 heterocycles. The summed E-state index contributed by atoms with van der Waals surface area (Å²) < 4.78 is 22.2. The van der Waals surface area contributed by atoms with Crippen molar-refractivity contribution >= 4 is 9.84 Å². The minimum absolute atomic E-state index is 0.0850. The fourth-order valence-electron chi connectivity index (χ4n) is 1.41. The highest BCUT2D eigenvalue weighted by atomic mass is 32.2. The van der Waals surface area contributed by atoms with Crippen molar-refractivity contribution in [3.05, 3.63) is 0 Å². The molecule has 2 unspecified atom stereocenters. The van der Waals surface area contributed by atoms with Crippen molar-refractivity contribution in [2.45, 2.75) is 18.9 Å². The van der Waals surface area contributed by atoms with Gasteiger partial charge in [0.2, 0.25) is 0 Å². The van der Waals surface area contributed by atoms with Crippen molar-refractivity contribution in [1.29, 1.82) is 5.26 Å². The summed E-state index contributed by atoms with van der Waals surface area (Å²) in [5.74, 6) is 0.103. The second-order valence-corrected chi connectivity index (χ2v) is 5.42. The van der Waals surface area contributed by atoms with Gasteiger partial charge < -0.3 is 5.73 Å². The van der Waals surface area contributed by atoms with E-state index in [0.29, 0.717) is 6.42 Å². The van der Waals surface area contributed by atoms with E-state index < -0.39 is 9.84 Å². The van der Waals surface area contributed by atoms with E-state index in [0.717, 1.165) is 0 Å². The van der Waals surface area contributed by atoms with Crippen molar-refractivity contribution in [3.8, 4) is 6.07 Å². The average molecular weight is 188 g/mol. The molecule has 0 aromatic heterocycles. The van der Waals surface area contributed by atoms with Crippen molar-refractivity contribution in [2.75, 3.05) is 11.5 Å². The molecule has 0 saturated carbocycles. The molecule has 0 aromatic rings. The monoisotopic (exact) mass is 188 g/mol. The van der Waals surface area contributed by atoms with Crippen molar-refractivity contribution in [3.63, 3.8) is 0 Å². The molecule has 0 spiro atoms. The molecule has 1 aliphatic rings. The van der Waals surface area contributed by atoms with Crippen molar-refractivity contribution < 1.29 is 8.42 Å². The van der Waals surface area contributed by atoms with Crippen LogP contribution in [-0.2, 0) is 9.84 Å². The first-order valence-corrected chi connectivity index (χ1v) is 5.70. The molecule has 1 aliphatic heterocycles. The standard InChI is InChI=1S/C7H12N2O2S/c8-3-1-6-5-12(10,11)4-2-7(6)9/h6-7H,1-2,4-5,9H2. The topological polar surface area (TPSA) is 84.0 Å². The average Bonchev–Trinajstić information content (AvgIpc) is 1.97. The van der Waals surface area contributed by atoms with Crippen LogP contribution in [0.4, 0.5) is 0 Å². The Labute approximate surface area is 72.3 Å². The number of hydrogen-bond donors (Lipinski definition) is 1. The lowest BCUT2D eigenvalue weighted by Crippen LogP contribution is -2.41. The first-order valence-electron chi connectivity index (χ1n) is 3.88. The molecule has 68 valence electrons. The summed E-state index contributed by atoms with van der Waals surface area (Å²) in [6.45, 7) is 0. The number of hydrogen-bond acceptors (Lipinski definition) is 4. The van der Waals surface area contributed by atoms with Crippen LogP contribution in [0.2, 0.25) is 0 Å². The van der Waals surface area contributed by atoms with Gasteiger partial charge in [-0.15, -0.1) is 0 Å². The second-order valence-electron chi connectivity index (χ2n) is 3.19. The zero-order valence-corrected chi connectivity index (χ0v) is 7.55. The van der Waals surface area contributed by atoms with E-state index in [9.17, 15) is 8.42 Å². The summed E-state index contributed by atoms with van der Waals surface area (Å²) in [5.41, 5.74) is 5.67. The summed E-state index contributed by atoms with van der Waals surface area (Å²) in [6.07, 6.45) is 0.745. The highest BCUT2D eigenvalue weighted by molar-refractivity contribution is 7.91. The second kappa shape index (κ2) is 3.42. The highest BCUT2D eigenvalue weighted by Gasteiger charge is 2.30. The number of nitrogens with zero attached hydrogens (tertiary/aromatic N) is 1. The number of nitrogens with two attached hydrogens (primary N) is 1. The van der Waals surface area contributed by atoms with Gasteiger partial charge in [0.1, 0.15) is 0 Å². The van der Waals surface area contributed by atoms with Gasteiger partial charge >= 0.3 is 0 Å². The molecular weight excluding hydrogens is 176 g/mol. The molecule has 5 heteroatoms. The fraction of sp³-hybridized carbons (Fsp3) is 0.857. The predicted octanol–water partition coefficient (Wildman–Crippen LogP) is -0.338. The van der Waals surface area contributed by atoms with Crippen LogP contribution in [0, 0.1) is 17.2 Å². The molecule has 0 bridgehead atoms. The molecular formula is C7H12N2O2S. The van der Waals surface area contributed by atoms with Gasteiger partial charge in [-0.05, 0) is 6.42 Å². The Hall–Kier alpha value is -0.600. The minimum Gasteiger partial charge on any atom is -0.327 e. The minimum atomic E-state index is -2.92. The van der Waals surface area contributed by atoms with Gasteiger partial charge in [-0.2, -0.15) is 5.26 Å². The van der Waals surface area contributed by atoms with Crippen LogP contribution in [-0.4, -0.2) is 26.0 Å². The van der Waals surface area contributed by atoms with E-state index in [-0.39, 0.29) is 29.9 Å². The van der Waals surface area contributed by atoms with Crippen LogP contribution in [0.5, 0.6) is 0 Å². The molecule has 4 nitrogen and oxygen atoms in total. The zero-order valence-electron chi connectivity index (χ0n) is 6.73. The Morgan fingerprint density at radius 3 is 2.83 bits per heavy atom. The number of rotatable bonds is 1. The quantitative estimate of drug-likeness (QED) is 0.610. The van der Waals surface area contributed by atoms with Gasteiger partial charge in [-0.25, -0.2) is 8.42 Å². The molecule has 0 radical (unpaired) electrons. The van der Waals surface area contributed by atoms with Gasteiger partial charge in [-0.1, -0.05) is 0 Å². The number of nitriles is 1. The maximum absolute atomic E-state index is 11.1. The maximum atomic E-state index is 11.1. The third-order valence-corrected chi connectivity index (χ3v) is 3.98. The largest absolute Gasteiger partial charge is 0.327 e. The van der Waals surface area contributed by atoms with E-state index in [1.807, 2.05) is 6.07 Å². The normalized spacial score (nSPS) is 34.0. The Balaban J connectivity index is 2.67.